The van der Waals surface area contributed by atoms with Crippen LogP contribution in [0, 0.1) is 11.3 Å². The SMILES string of the molecule is CCCCC(CC)Cn1ccc2c1CC(C)(C)CC2O. The minimum absolute atomic E-state index is 0.216. The van der Waals surface area contributed by atoms with Gasteiger partial charge in [-0.2, -0.15) is 0 Å². The molecule has 1 aliphatic carbocycles. The number of nitrogens with zero attached hydrogens (tertiary/aromatic N) is 1. The third-order valence-corrected chi connectivity index (χ3v) is 4.86. The molecular formula is C18H31NO. The monoisotopic (exact) mass is 277 g/mol. The second-order valence-electron chi connectivity index (χ2n) is 7.35. The van der Waals surface area contributed by atoms with Crippen molar-refractivity contribution in [2.24, 2.45) is 11.3 Å². The summed E-state index contributed by atoms with van der Waals surface area (Å²) in [7, 11) is 0. The van der Waals surface area contributed by atoms with Crippen molar-refractivity contribution >= 4 is 0 Å². The van der Waals surface area contributed by atoms with Crippen molar-refractivity contribution in [1.82, 2.24) is 4.57 Å². The molecule has 2 rings (SSSR count). The molecule has 0 amide bonds. The van der Waals surface area contributed by atoms with E-state index < -0.39 is 0 Å². The molecule has 1 aromatic heterocycles. The summed E-state index contributed by atoms with van der Waals surface area (Å²) in [6.45, 7) is 10.2. The highest BCUT2D eigenvalue weighted by Crippen LogP contribution is 2.41. The third-order valence-electron chi connectivity index (χ3n) is 4.86. The van der Waals surface area contributed by atoms with Gasteiger partial charge in [0, 0.05) is 24.0 Å². The van der Waals surface area contributed by atoms with Crippen LogP contribution in [0.25, 0.3) is 0 Å². The molecule has 0 saturated carbocycles. The van der Waals surface area contributed by atoms with E-state index in [2.05, 4.69) is 44.5 Å². The maximum Gasteiger partial charge on any atom is 0.0812 e. The van der Waals surface area contributed by atoms with E-state index in [1.807, 2.05) is 0 Å². The van der Waals surface area contributed by atoms with Gasteiger partial charge in [0.05, 0.1) is 6.10 Å². The summed E-state index contributed by atoms with van der Waals surface area (Å²) in [5.74, 6) is 0.772. The second kappa shape index (κ2) is 6.34. The zero-order chi connectivity index (χ0) is 14.8. The Labute approximate surface area is 124 Å². The lowest BCUT2D eigenvalue weighted by Crippen LogP contribution is -2.27. The average Bonchev–Trinajstić information content (AvgIpc) is 2.76. The van der Waals surface area contributed by atoms with Gasteiger partial charge >= 0.3 is 0 Å². The van der Waals surface area contributed by atoms with E-state index in [1.165, 1.54) is 36.9 Å². The van der Waals surface area contributed by atoms with Crippen LogP contribution in [0.4, 0.5) is 0 Å². The topological polar surface area (TPSA) is 25.2 Å². The third kappa shape index (κ3) is 3.46. The fraction of sp³-hybridized carbons (Fsp3) is 0.778. The molecule has 20 heavy (non-hydrogen) atoms. The number of hydrogen-bond acceptors (Lipinski definition) is 1. The average molecular weight is 277 g/mol. The number of fused-ring (bicyclic) bond motifs is 1. The van der Waals surface area contributed by atoms with Gasteiger partial charge in [0.15, 0.2) is 0 Å². The summed E-state index contributed by atoms with van der Waals surface area (Å²) in [5.41, 5.74) is 2.77. The van der Waals surface area contributed by atoms with Gasteiger partial charge in [-0.25, -0.2) is 0 Å². The first kappa shape index (κ1) is 15.6. The van der Waals surface area contributed by atoms with Gasteiger partial charge in [0.1, 0.15) is 0 Å². The summed E-state index contributed by atoms with van der Waals surface area (Å²) in [4.78, 5) is 0. The van der Waals surface area contributed by atoms with E-state index in [1.54, 1.807) is 0 Å². The normalized spacial score (nSPS) is 22.6. The van der Waals surface area contributed by atoms with E-state index in [4.69, 9.17) is 0 Å². The fourth-order valence-corrected chi connectivity index (χ4v) is 3.55. The van der Waals surface area contributed by atoms with Crippen molar-refractivity contribution in [2.75, 3.05) is 0 Å². The maximum atomic E-state index is 10.3. The van der Waals surface area contributed by atoms with E-state index >= 15 is 0 Å². The van der Waals surface area contributed by atoms with Crippen LogP contribution >= 0.6 is 0 Å². The highest BCUT2D eigenvalue weighted by Gasteiger charge is 2.33. The summed E-state index contributed by atoms with van der Waals surface area (Å²) in [5, 5.41) is 10.3. The zero-order valence-corrected chi connectivity index (χ0v) is 13.7. The number of rotatable bonds is 6. The molecule has 0 radical (unpaired) electrons. The van der Waals surface area contributed by atoms with Crippen molar-refractivity contribution in [3.05, 3.63) is 23.5 Å². The molecule has 1 aliphatic rings. The largest absolute Gasteiger partial charge is 0.388 e. The molecule has 1 N–H and O–H groups in total. The molecule has 1 heterocycles. The first-order chi connectivity index (χ1) is 9.46. The fourth-order valence-electron chi connectivity index (χ4n) is 3.55. The summed E-state index contributed by atoms with van der Waals surface area (Å²) < 4.78 is 2.42. The standard InChI is InChI=1S/C18H31NO/c1-5-7-8-14(6-2)13-19-10-9-15-16(19)11-18(3,4)12-17(15)20/h9-10,14,17,20H,5-8,11-13H2,1-4H3. The van der Waals surface area contributed by atoms with Crippen LogP contribution in [0.5, 0.6) is 0 Å². The Morgan fingerprint density at radius 1 is 1.40 bits per heavy atom. The summed E-state index contributed by atoms with van der Waals surface area (Å²) in [6.07, 6.45) is 9.09. The number of aliphatic hydroxyl groups is 1. The van der Waals surface area contributed by atoms with Gasteiger partial charge in [0.25, 0.3) is 0 Å². The number of hydrogen-bond donors (Lipinski definition) is 1. The Bertz CT molecular complexity index is 433. The number of aliphatic hydroxyl groups excluding tert-OH is 1. The molecule has 114 valence electrons. The van der Waals surface area contributed by atoms with Crippen molar-refractivity contribution in [3.63, 3.8) is 0 Å². The highest BCUT2D eigenvalue weighted by atomic mass is 16.3. The lowest BCUT2D eigenvalue weighted by Gasteiger charge is -2.34. The molecule has 0 aromatic carbocycles. The van der Waals surface area contributed by atoms with Crippen LogP contribution in [-0.4, -0.2) is 9.67 Å². The Balaban J connectivity index is 2.14. The Morgan fingerprint density at radius 2 is 2.15 bits per heavy atom. The maximum absolute atomic E-state index is 10.3. The molecule has 2 atom stereocenters. The minimum Gasteiger partial charge on any atom is -0.388 e. The Hall–Kier alpha value is -0.760. The first-order valence-corrected chi connectivity index (χ1v) is 8.32. The minimum atomic E-state index is -0.272. The molecule has 0 aliphatic heterocycles. The predicted octanol–water partition coefficient (Wildman–Crippen LogP) is 4.71. The van der Waals surface area contributed by atoms with Gasteiger partial charge < -0.3 is 9.67 Å². The van der Waals surface area contributed by atoms with E-state index in [-0.39, 0.29) is 11.5 Å². The van der Waals surface area contributed by atoms with Gasteiger partial charge in [-0.05, 0) is 36.7 Å². The second-order valence-corrected chi connectivity index (χ2v) is 7.35. The summed E-state index contributed by atoms with van der Waals surface area (Å²) >= 11 is 0. The van der Waals surface area contributed by atoms with Crippen LogP contribution in [0.15, 0.2) is 12.3 Å². The van der Waals surface area contributed by atoms with Gasteiger partial charge in [-0.3, -0.25) is 0 Å². The smallest absolute Gasteiger partial charge is 0.0812 e. The number of aromatic nitrogens is 1. The molecule has 2 unspecified atom stereocenters. The van der Waals surface area contributed by atoms with Gasteiger partial charge in [-0.1, -0.05) is 47.0 Å². The molecule has 0 spiro atoms. The Morgan fingerprint density at radius 3 is 2.80 bits per heavy atom. The van der Waals surface area contributed by atoms with Crippen LogP contribution in [0.2, 0.25) is 0 Å². The summed E-state index contributed by atoms with van der Waals surface area (Å²) in [6, 6.07) is 2.14. The molecule has 0 bridgehead atoms. The van der Waals surface area contributed by atoms with Crippen molar-refractivity contribution in [1.29, 1.82) is 0 Å². The first-order valence-electron chi connectivity index (χ1n) is 8.32. The van der Waals surface area contributed by atoms with Gasteiger partial charge in [0.2, 0.25) is 0 Å². The lowest BCUT2D eigenvalue weighted by molar-refractivity contribution is 0.0976. The molecule has 0 fully saturated rings. The van der Waals surface area contributed by atoms with E-state index in [0.29, 0.717) is 0 Å². The van der Waals surface area contributed by atoms with Crippen molar-refractivity contribution in [3.8, 4) is 0 Å². The molecule has 1 aromatic rings. The highest BCUT2D eigenvalue weighted by molar-refractivity contribution is 5.29. The van der Waals surface area contributed by atoms with Crippen molar-refractivity contribution in [2.45, 2.75) is 78.9 Å². The van der Waals surface area contributed by atoms with Crippen LogP contribution in [-0.2, 0) is 13.0 Å². The molecule has 2 nitrogen and oxygen atoms in total. The molecular weight excluding hydrogens is 246 g/mol. The molecule has 0 saturated heterocycles. The lowest BCUT2D eigenvalue weighted by atomic mass is 9.75. The van der Waals surface area contributed by atoms with Crippen LogP contribution in [0.3, 0.4) is 0 Å². The van der Waals surface area contributed by atoms with E-state index in [9.17, 15) is 5.11 Å². The van der Waals surface area contributed by atoms with Gasteiger partial charge in [-0.15, -0.1) is 0 Å². The molecule has 2 heteroatoms. The predicted molar refractivity (Wildman–Crippen MR) is 84.8 cm³/mol. The van der Waals surface area contributed by atoms with E-state index in [0.717, 1.165) is 25.3 Å². The van der Waals surface area contributed by atoms with Crippen LogP contribution in [0.1, 0.15) is 77.2 Å². The quantitative estimate of drug-likeness (QED) is 0.800. The number of unbranched alkanes of at least 4 members (excludes halogenated alkanes) is 1. The van der Waals surface area contributed by atoms with Crippen molar-refractivity contribution < 1.29 is 5.11 Å². The van der Waals surface area contributed by atoms with Crippen LogP contribution < -0.4 is 0 Å². The zero-order valence-electron chi connectivity index (χ0n) is 13.7. The Kier molecular flexibility index (Phi) is 4.95.